The summed E-state index contributed by atoms with van der Waals surface area (Å²) < 4.78 is 25.1. The average molecular weight is 855 g/mol. The largest absolute Gasteiger partial charge is 0.485 e. The fraction of sp³-hybridized carbons (Fsp3) is 0.455. The first kappa shape index (κ1) is 45.0. The third kappa shape index (κ3) is 10.3. The minimum Gasteiger partial charge on any atom is -0.485 e. The molecule has 2 aromatic carbocycles. The molecule has 3 aromatic rings. The van der Waals surface area contributed by atoms with Gasteiger partial charge in [-0.05, 0) is 113 Å². The van der Waals surface area contributed by atoms with Crippen LogP contribution in [0.3, 0.4) is 0 Å². The Bertz CT molecular complexity index is 2180. The molecule has 0 bridgehead atoms. The fourth-order valence-electron chi connectivity index (χ4n) is 8.43. The number of amides is 1. The highest BCUT2D eigenvalue weighted by Crippen LogP contribution is 2.48. The van der Waals surface area contributed by atoms with Crippen LogP contribution in [0.2, 0.25) is 0 Å². The van der Waals surface area contributed by atoms with Gasteiger partial charge in [-0.1, -0.05) is 18.7 Å². The quantitative estimate of drug-likeness (QED) is 0.0712. The molecule has 5 N–H and O–H groups in total. The Morgan fingerprint density at radius 3 is 2.56 bits per heavy atom. The van der Waals surface area contributed by atoms with Crippen LogP contribution >= 0.6 is 11.9 Å². The van der Waals surface area contributed by atoms with E-state index in [4.69, 9.17) is 15.9 Å². The number of halogens is 1. The lowest BCUT2D eigenvalue weighted by molar-refractivity contribution is -0.122. The number of rotatable bonds is 18. The Balaban J connectivity index is 1.00. The molecular weight excluding hydrogens is 796 g/mol. The van der Waals surface area contributed by atoms with E-state index in [-0.39, 0.29) is 30.2 Å². The average Bonchev–Trinajstić information content (AvgIpc) is 3.52. The third-order valence-corrected chi connectivity index (χ3v) is 12.6. The van der Waals surface area contributed by atoms with Gasteiger partial charge in [-0.2, -0.15) is 5.10 Å². The number of fused-ring (bicyclic) bond motifs is 1. The molecule has 17 heteroatoms. The molecule has 6 rings (SSSR count). The second kappa shape index (κ2) is 20.8. The van der Waals surface area contributed by atoms with Gasteiger partial charge in [-0.15, -0.1) is 0 Å². The maximum atomic E-state index is 15.4. The summed E-state index contributed by atoms with van der Waals surface area (Å²) >= 11 is 1.59. The number of carbonyl (C=O) groups excluding carboxylic acids is 2. The SMILES string of the molecule is C=Nn1cnc(/C(C=N)=C/N)c(OC(C)C)/c1=N/CNc1ccc(SN2CCC(CN3CCC(c4cccc5c4N(C)C(=C)N5C(CCC=O)C(=O)NC)CC3)CC2)cc1F. The lowest BCUT2D eigenvalue weighted by Gasteiger charge is -2.38. The van der Waals surface area contributed by atoms with Crippen LogP contribution < -0.4 is 36.4 Å². The Kier molecular flexibility index (Phi) is 15.4. The number of nitrogens with two attached hydrogens (primary N) is 1. The maximum absolute atomic E-state index is 15.4. The van der Waals surface area contributed by atoms with Crippen molar-refractivity contribution in [2.45, 2.75) is 75.3 Å². The summed E-state index contributed by atoms with van der Waals surface area (Å²) in [4.78, 5) is 40.7. The summed E-state index contributed by atoms with van der Waals surface area (Å²) in [5, 5.41) is 17.5. The lowest BCUT2D eigenvalue weighted by Crippen LogP contribution is -2.45. The van der Waals surface area contributed by atoms with E-state index in [9.17, 15) is 9.59 Å². The van der Waals surface area contributed by atoms with Crippen molar-refractivity contribution in [1.82, 2.24) is 24.2 Å². The van der Waals surface area contributed by atoms with Gasteiger partial charge in [0.15, 0.2) is 11.2 Å². The minimum absolute atomic E-state index is 0.0137. The van der Waals surface area contributed by atoms with E-state index in [1.165, 1.54) is 22.8 Å². The number of nitrogens with one attached hydrogen (secondary N) is 3. The summed E-state index contributed by atoms with van der Waals surface area (Å²) in [5.74, 6) is 1.54. The summed E-state index contributed by atoms with van der Waals surface area (Å²) in [6.07, 6.45) is 9.41. The summed E-state index contributed by atoms with van der Waals surface area (Å²) in [6, 6.07) is 11.0. The molecule has 1 aromatic heterocycles. The van der Waals surface area contributed by atoms with Crippen molar-refractivity contribution in [2.75, 3.05) is 68.6 Å². The molecule has 0 aliphatic carbocycles. The first-order valence-electron chi connectivity index (χ1n) is 20.9. The van der Waals surface area contributed by atoms with Gasteiger partial charge in [0.25, 0.3) is 0 Å². The molecule has 1 amide bonds. The van der Waals surface area contributed by atoms with E-state index in [0.717, 1.165) is 93.0 Å². The molecule has 3 aliphatic heterocycles. The number of carbonyl (C=O) groups is 2. The van der Waals surface area contributed by atoms with Crippen molar-refractivity contribution in [2.24, 2.45) is 21.7 Å². The molecule has 0 radical (unpaired) electrons. The van der Waals surface area contributed by atoms with Gasteiger partial charge >= 0.3 is 0 Å². The number of ether oxygens (including phenoxy) is 1. The molecular formula is C44H59FN12O3S. The number of anilines is 3. The number of nitrogens with zero attached hydrogens (tertiary/aromatic N) is 8. The van der Waals surface area contributed by atoms with Crippen LogP contribution in [-0.4, -0.2) is 110 Å². The van der Waals surface area contributed by atoms with Crippen molar-refractivity contribution in [3.05, 3.63) is 83.9 Å². The maximum Gasteiger partial charge on any atom is 0.242 e. The normalized spacial score (nSPS) is 17.7. The zero-order valence-corrected chi connectivity index (χ0v) is 36.5. The Hall–Kier alpha value is -5.52. The molecule has 1 unspecified atom stereocenters. The van der Waals surface area contributed by atoms with Gasteiger partial charge in [0.05, 0.1) is 23.2 Å². The third-order valence-electron chi connectivity index (χ3n) is 11.6. The predicted molar refractivity (Wildman–Crippen MR) is 243 cm³/mol. The first-order valence-corrected chi connectivity index (χ1v) is 21.7. The number of para-hydroxylation sites is 1. The molecule has 3 aliphatic rings. The minimum atomic E-state index is -0.508. The first-order chi connectivity index (χ1) is 29.5. The Labute approximate surface area is 362 Å². The molecule has 326 valence electrons. The zero-order valence-electron chi connectivity index (χ0n) is 35.6. The van der Waals surface area contributed by atoms with Crippen LogP contribution in [0.1, 0.15) is 69.5 Å². The standard InChI is InChI=1S/C44H59FN12O3S/c1-29(2)60-42-40(33(24-46)25-47)52-28-56(49-5)43(42)51-27-50-37-13-12-34(23-36(37)45)61-55-20-14-31(15-21-55)26-54-18-16-32(17-19-54)35-9-7-10-38-41(35)53(6)30(3)57(38)39(11-8-22-58)44(59)48-4/h7,9-10,12-13,22-25,28-29,31-32,39,46,50H,3,5,8,11,14-21,26-27,47H2,1-2,4,6H3,(H,48,59)/b33-25+,46-24?,51-43-. The number of allylic oxidation sites excluding steroid dienone is 1. The molecule has 0 spiro atoms. The van der Waals surface area contributed by atoms with Gasteiger partial charge in [-0.3, -0.25) is 4.79 Å². The van der Waals surface area contributed by atoms with Crippen LogP contribution in [0.5, 0.6) is 5.75 Å². The summed E-state index contributed by atoms with van der Waals surface area (Å²) in [7, 11) is 3.64. The van der Waals surface area contributed by atoms with Crippen molar-refractivity contribution in [3.63, 3.8) is 0 Å². The zero-order chi connectivity index (χ0) is 43.6. The van der Waals surface area contributed by atoms with E-state index >= 15 is 4.39 Å². The van der Waals surface area contributed by atoms with Crippen LogP contribution in [0.4, 0.5) is 21.5 Å². The number of hydrogen-bond donors (Lipinski definition) is 4. The van der Waals surface area contributed by atoms with Gasteiger partial charge in [-0.25, -0.2) is 23.3 Å². The van der Waals surface area contributed by atoms with Crippen LogP contribution in [0.15, 0.2) is 76.3 Å². The van der Waals surface area contributed by atoms with E-state index < -0.39 is 6.04 Å². The molecule has 61 heavy (non-hydrogen) atoms. The number of likely N-dealkylation sites (N-methyl/N-ethyl adjacent to an activating group) is 1. The smallest absolute Gasteiger partial charge is 0.242 e. The van der Waals surface area contributed by atoms with Crippen LogP contribution in [-0.2, 0) is 9.59 Å². The number of aldehydes is 1. The van der Waals surface area contributed by atoms with E-state index in [2.05, 4.69) is 71.3 Å². The summed E-state index contributed by atoms with van der Waals surface area (Å²) in [6.45, 7) is 16.7. The van der Waals surface area contributed by atoms with Gasteiger partial charge < -0.3 is 46.0 Å². The molecule has 15 nitrogen and oxygen atoms in total. The van der Waals surface area contributed by atoms with E-state index in [0.29, 0.717) is 47.1 Å². The molecule has 2 fully saturated rings. The van der Waals surface area contributed by atoms with E-state index in [1.807, 2.05) is 31.9 Å². The highest BCUT2D eigenvalue weighted by Gasteiger charge is 2.38. The number of likely N-dealkylation sites (tertiary alicyclic amines) is 1. The van der Waals surface area contributed by atoms with Gasteiger partial charge in [0.2, 0.25) is 5.91 Å². The molecule has 0 saturated carbocycles. The fourth-order valence-corrected chi connectivity index (χ4v) is 9.41. The number of piperidine rings is 2. The summed E-state index contributed by atoms with van der Waals surface area (Å²) in [5.41, 5.74) is 10.4. The van der Waals surface area contributed by atoms with Crippen molar-refractivity contribution in [3.8, 4) is 5.75 Å². The second-order valence-corrected chi connectivity index (χ2v) is 16.9. The van der Waals surface area contributed by atoms with Crippen molar-refractivity contribution in [1.29, 1.82) is 5.41 Å². The molecule has 2 saturated heterocycles. The molecule has 4 heterocycles. The number of benzene rings is 2. The van der Waals surface area contributed by atoms with E-state index in [1.54, 1.807) is 31.1 Å². The number of hydrogen-bond acceptors (Lipinski definition) is 14. The van der Waals surface area contributed by atoms with Gasteiger partial charge in [0, 0.05) is 69.8 Å². The van der Waals surface area contributed by atoms with Crippen LogP contribution in [0.25, 0.3) is 5.57 Å². The van der Waals surface area contributed by atoms with Crippen molar-refractivity contribution < 1.29 is 18.7 Å². The number of aromatic nitrogens is 2. The van der Waals surface area contributed by atoms with Crippen LogP contribution in [0, 0.1) is 17.1 Å². The van der Waals surface area contributed by atoms with Gasteiger partial charge in [0.1, 0.15) is 42.7 Å². The monoisotopic (exact) mass is 854 g/mol. The Morgan fingerprint density at radius 1 is 1.16 bits per heavy atom. The Morgan fingerprint density at radius 2 is 1.92 bits per heavy atom. The topological polar surface area (TPSA) is 173 Å². The second-order valence-electron chi connectivity index (χ2n) is 15.8. The highest BCUT2D eigenvalue weighted by atomic mass is 32.2. The molecule has 1 atom stereocenters. The van der Waals surface area contributed by atoms with Crippen molar-refractivity contribution >= 4 is 59.7 Å². The lowest BCUT2D eigenvalue weighted by atomic mass is 9.87. The highest BCUT2D eigenvalue weighted by molar-refractivity contribution is 7.97. The predicted octanol–water partition coefficient (Wildman–Crippen LogP) is 5.61.